The van der Waals surface area contributed by atoms with Crippen molar-refractivity contribution in [2.75, 3.05) is 19.8 Å². The second kappa shape index (κ2) is 31.9. The molecule has 0 radical (unpaired) electrons. The molecule has 24 heteroatoms. The number of aromatic nitrogens is 3. The predicted octanol–water partition coefficient (Wildman–Crippen LogP) is 6.97. The lowest BCUT2D eigenvalue weighted by molar-refractivity contribution is -0.149. The molecule has 0 saturated carbocycles. The molecule has 0 aliphatic heterocycles. The van der Waals surface area contributed by atoms with E-state index < -0.39 is 78.5 Å². The van der Waals surface area contributed by atoms with Gasteiger partial charge in [-0.05, 0) is 107 Å². The van der Waals surface area contributed by atoms with Gasteiger partial charge in [0.15, 0.2) is 5.78 Å². The quantitative estimate of drug-likeness (QED) is 0.00977. The second-order valence-electron chi connectivity index (χ2n) is 25.0. The summed E-state index contributed by atoms with van der Waals surface area (Å²) in [7, 11) is 0. The van der Waals surface area contributed by atoms with Crippen molar-refractivity contribution in [2.24, 2.45) is 28.0 Å². The predicted molar refractivity (Wildman–Crippen MR) is 346 cm³/mol. The van der Waals surface area contributed by atoms with Crippen LogP contribution >= 0.6 is 0 Å². The van der Waals surface area contributed by atoms with Gasteiger partial charge in [-0.15, -0.1) is 0 Å². The van der Waals surface area contributed by atoms with E-state index in [9.17, 15) is 48.6 Å². The molecule has 0 unspecified atom stereocenters. The Morgan fingerprint density at radius 2 is 1.35 bits per heavy atom. The number of nitrogens with two attached hydrogens (primary N) is 1. The van der Waals surface area contributed by atoms with Crippen LogP contribution in [0, 0.1) is 17.3 Å². The van der Waals surface area contributed by atoms with Gasteiger partial charge in [-0.3, -0.25) is 34.4 Å². The zero-order chi connectivity index (χ0) is 66.1. The number of carbonyl (C=O) groups excluding carboxylic acids is 8. The number of aliphatic imine (C=N–C) groups is 1. The van der Waals surface area contributed by atoms with Crippen LogP contribution in [0.25, 0.3) is 22.0 Å². The van der Waals surface area contributed by atoms with Crippen LogP contribution in [0.5, 0.6) is 0 Å². The van der Waals surface area contributed by atoms with Gasteiger partial charge in [-0.2, -0.15) is 0 Å². The lowest BCUT2D eigenvalue weighted by atomic mass is 9.75. The minimum Gasteiger partial charge on any atom is -0.511 e. The number of aliphatic hydroxyl groups excluding tert-OH is 2. The molecular formula is C68H84N12O12. The van der Waals surface area contributed by atoms with Gasteiger partial charge < -0.3 is 62.0 Å². The SMILES string of the molecule is CC(C)CC(=Nc1ccc(COC(=O)[C@H](CCCCN)NC(=O)[C@@H](CO)NC(=O)[C@H](Cc2cnc[nH]2)NC(=O)[C@@H](Cc2c[nH]c3ccccc23)NC(=O)NNC(=O)[C@@H](CC(C)C)NC(=O)OCC2c3ccccc3-c3ccccc32)cc1)C1=C(O)CC(C)(C)CC1=O. The number of nitrogens with zero attached hydrogens (tertiary/aromatic N) is 2. The van der Waals surface area contributed by atoms with E-state index in [0.717, 1.165) is 33.2 Å². The van der Waals surface area contributed by atoms with Gasteiger partial charge >= 0.3 is 18.1 Å². The van der Waals surface area contributed by atoms with E-state index in [0.29, 0.717) is 60.4 Å². The zero-order valence-electron chi connectivity index (χ0n) is 52.7. The first-order valence-corrected chi connectivity index (χ1v) is 31.1. The van der Waals surface area contributed by atoms with Crippen molar-refractivity contribution in [1.29, 1.82) is 0 Å². The normalized spacial score (nSPS) is 15.3. The Balaban J connectivity index is 0.912. The second-order valence-corrected chi connectivity index (χ2v) is 25.0. The fourth-order valence-electron chi connectivity index (χ4n) is 11.5. The number of para-hydroxylation sites is 1. The van der Waals surface area contributed by atoms with E-state index in [4.69, 9.17) is 20.2 Å². The van der Waals surface area contributed by atoms with Crippen LogP contribution in [-0.2, 0) is 57.7 Å². The highest BCUT2D eigenvalue weighted by molar-refractivity contribution is 6.24. The van der Waals surface area contributed by atoms with E-state index in [-0.39, 0.29) is 85.6 Å². The van der Waals surface area contributed by atoms with Gasteiger partial charge in [0.05, 0.1) is 29.9 Å². The first-order valence-electron chi connectivity index (χ1n) is 31.1. The monoisotopic (exact) mass is 1260 g/mol. The molecule has 2 aliphatic rings. The van der Waals surface area contributed by atoms with Gasteiger partial charge in [0.1, 0.15) is 49.2 Å². The Bertz CT molecular complexity index is 3610. The van der Waals surface area contributed by atoms with Crippen LogP contribution in [0.2, 0.25) is 0 Å². The molecule has 2 heterocycles. The summed E-state index contributed by atoms with van der Waals surface area (Å²) >= 11 is 0. The van der Waals surface area contributed by atoms with Crippen molar-refractivity contribution in [3.05, 3.63) is 155 Å². The Labute approximate surface area is 534 Å². The first kappa shape index (κ1) is 68.2. The molecule has 2 aromatic heterocycles. The Morgan fingerprint density at radius 3 is 1.99 bits per heavy atom. The third kappa shape index (κ3) is 18.5. The largest absolute Gasteiger partial charge is 0.511 e. The number of aromatic amines is 2. The number of carbonyl (C=O) groups is 8. The number of hydrogen-bond acceptors (Lipinski definition) is 15. The number of rotatable bonds is 29. The zero-order valence-corrected chi connectivity index (χ0v) is 52.7. The third-order valence-corrected chi connectivity index (χ3v) is 16.0. The Hall–Kier alpha value is -9.68. The number of Topliss-reactive ketones (excluding diaryl/α,β-unsaturated/α-hetero) is 1. The molecule has 92 heavy (non-hydrogen) atoms. The minimum atomic E-state index is -1.65. The maximum Gasteiger partial charge on any atom is 0.407 e. The summed E-state index contributed by atoms with van der Waals surface area (Å²) in [4.78, 5) is 126. The average Bonchev–Trinajstić information content (AvgIpc) is 1.58. The number of hydrogen-bond donors (Lipinski definition) is 12. The Morgan fingerprint density at radius 1 is 0.707 bits per heavy atom. The number of nitrogens with one attached hydrogen (secondary N) is 9. The molecule has 2 aliphatic carbocycles. The number of fused-ring (bicyclic) bond motifs is 4. The molecule has 0 bridgehead atoms. The van der Waals surface area contributed by atoms with Crippen LogP contribution in [0.3, 0.4) is 0 Å². The van der Waals surface area contributed by atoms with E-state index in [1.54, 1.807) is 36.5 Å². The van der Waals surface area contributed by atoms with E-state index >= 15 is 0 Å². The van der Waals surface area contributed by atoms with Crippen molar-refractivity contribution in [2.45, 2.75) is 142 Å². The molecule has 13 N–H and O–H groups in total. The number of alkyl carbamates (subject to hydrolysis) is 1. The molecule has 0 fully saturated rings. The maximum atomic E-state index is 14.6. The molecule has 0 saturated heterocycles. The molecule has 488 valence electrons. The number of H-pyrrole nitrogens is 2. The van der Waals surface area contributed by atoms with E-state index in [1.807, 2.05) is 108 Å². The highest BCUT2D eigenvalue weighted by atomic mass is 16.5. The van der Waals surface area contributed by atoms with Gasteiger partial charge in [-0.25, -0.2) is 24.8 Å². The number of benzene rings is 4. The van der Waals surface area contributed by atoms with Gasteiger partial charge in [0, 0.05) is 60.6 Å². The summed E-state index contributed by atoms with van der Waals surface area (Å²) in [5.41, 5.74) is 17.8. The highest BCUT2D eigenvalue weighted by Gasteiger charge is 2.37. The summed E-state index contributed by atoms with van der Waals surface area (Å²) < 4.78 is 11.4. The standard InChI is InChI=1S/C68H84N12O12/c1-39(2)27-53(60-58(82)31-68(5,6)32-59(60)83)73-43-24-22-41(23-25-43)36-91-65(88)52(21-13-14-26-69)74-63(86)57(35-81)76-62(85)56(30-44-34-70-38-72-44)75-61(84)55(29-42-33-71-51-20-12-11-15-45(42)51)77-66(89)80-79-64(87)54(28-40(3)4)78-67(90)92-37-50-48-18-9-7-16-46(48)47-17-8-10-19-49(47)50/h7-12,15-20,22-25,33-34,38-40,50,52,54-57,71,81-82H,13-14,21,26-32,35-37,69H2,1-6H3,(H,70,72)(H,74,86)(H,75,84)(H,76,85)(H,78,90)(H,79,87)(H2,77,80,89)/t52-,54+,55+,56-,57+/m0/s1. The molecule has 24 nitrogen and oxygen atoms in total. The maximum absolute atomic E-state index is 14.6. The van der Waals surface area contributed by atoms with Crippen LogP contribution < -0.4 is 43.2 Å². The van der Waals surface area contributed by atoms with Crippen molar-refractivity contribution in [3.8, 4) is 11.1 Å². The summed E-state index contributed by atoms with van der Waals surface area (Å²) in [5, 5.41) is 35.4. The molecule has 5 atom stereocenters. The molecule has 6 aromatic rings. The van der Waals surface area contributed by atoms with Crippen molar-refractivity contribution in [1.82, 2.24) is 52.4 Å². The van der Waals surface area contributed by atoms with Crippen LogP contribution in [0.1, 0.15) is 120 Å². The number of esters is 1. The van der Waals surface area contributed by atoms with E-state index in [1.165, 1.54) is 12.5 Å². The number of ketones is 1. The molecule has 7 amide bonds. The summed E-state index contributed by atoms with van der Waals surface area (Å²) in [6.45, 7) is 10.8. The number of amides is 7. The van der Waals surface area contributed by atoms with Gasteiger partial charge in [0.2, 0.25) is 17.7 Å². The number of urea groups is 1. The van der Waals surface area contributed by atoms with Gasteiger partial charge in [-0.1, -0.05) is 120 Å². The number of allylic oxidation sites excluding steroid dienone is 2. The Kier molecular flexibility index (Phi) is 23.6. The van der Waals surface area contributed by atoms with Crippen molar-refractivity contribution < 1.29 is 58.0 Å². The number of ether oxygens (including phenoxy) is 2. The fourth-order valence-corrected chi connectivity index (χ4v) is 11.5. The molecule has 4 aromatic carbocycles. The lowest BCUT2D eigenvalue weighted by Gasteiger charge is -2.30. The summed E-state index contributed by atoms with van der Waals surface area (Å²) in [6.07, 6.45) is 5.52. The number of aliphatic hydroxyl groups is 2. The third-order valence-electron chi connectivity index (χ3n) is 16.0. The number of imidazole rings is 1. The summed E-state index contributed by atoms with van der Waals surface area (Å²) in [5.74, 6) is -4.64. The number of hydrazine groups is 1. The summed E-state index contributed by atoms with van der Waals surface area (Å²) in [6, 6.07) is 21.9. The average molecular weight is 1260 g/mol. The smallest absolute Gasteiger partial charge is 0.407 e. The van der Waals surface area contributed by atoms with Crippen LogP contribution in [-0.4, -0.2) is 128 Å². The lowest BCUT2D eigenvalue weighted by Crippen LogP contribution is -2.61. The number of unbranched alkanes of at least 4 members (excludes halogenated alkanes) is 1. The first-order chi connectivity index (χ1) is 44.1. The van der Waals surface area contributed by atoms with Crippen molar-refractivity contribution in [3.63, 3.8) is 0 Å². The topological polar surface area (TPSA) is 363 Å². The molecule has 0 spiro atoms. The van der Waals surface area contributed by atoms with E-state index in [2.05, 4.69) is 52.4 Å². The van der Waals surface area contributed by atoms with Crippen molar-refractivity contribution >= 4 is 69.8 Å². The fraction of sp³-hybridized carbons (Fsp3) is 0.412. The highest BCUT2D eigenvalue weighted by Crippen LogP contribution is 2.44. The van der Waals surface area contributed by atoms with Gasteiger partial charge in [0.25, 0.3) is 5.91 Å². The van der Waals surface area contributed by atoms with Crippen LogP contribution in [0.4, 0.5) is 15.3 Å². The van der Waals surface area contributed by atoms with Crippen LogP contribution in [0.15, 0.2) is 132 Å². The molecule has 8 rings (SSSR count). The minimum absolute atomic E-state index is 0.00295. The molecular weight excluding hydrogens is 1180 g/mol.